The summed E-state index contributed by atoms with van der Waals surface area (Å²) in [5, 5.41) is 20.9. The first kappa shape index (κ1) is 73.9. The van der Waals surface area contributed by atoms with Crippen LogP contribution in [0, 0.1) is 27.7 Å². The Bertz CT molecular complexity index is 8960. The van der Waals surface area contributed by atoms with Crippen molar-refractivity contribution in [3.8, 4) is 39.8 Å². The molecule has 0 bridgehead atoms. The molecule has 0 amide bonds. The fourth-order valence-corrected chi connectivity index (χ4v) is 21.4. The maximum absolute atomic E-state index is 2.45. The average molecular weight is 1630 g/mol. The van der Waals surface area contributed by atoms with Crippen molar-refractivity contribution in [2.24, 2.45) is 0 Å². The Hall–Kier alpha value is -16.0. The van der Waals surface area contributed by atoms with Crippen molar-refractivity contribution in [3.05, 3.63) is 453 Å². The van der Waals surface area contributed by atoms with Gasteiger partial charge in [-0.05, 0) is 220 Å². The topological polar surface area (TPSA) is 34.5 Å². The Kier molecular flexibility index (Phi) is 17.6. The summed E-state index contributed by atoms with van der Waals surface area (Å²) < 4.78 is 19.6. The molecule has 8 heterocycles. The molecule has 7 nitrogen and oxygen atoms in total. The smallest absolute Gasteiger partial charge is 0.0641 e. The van der Waals surface area contributed by atoms with E-state index < -0.39 is 0 Å². The molecule has 0 saturated carbocycles. The number of rotatable bonds is 7. The fourth-order valence-electron chi connectivity index (χ4n) is 20.3. The van der Waals surface area contributed by atoms with Crippen LogP contribution in [0.4, 0.5) is 0 Å². The van der Waals surface area contributed by atoms with Gasteiger partial charge in [0.15, 0.2) is 0 Å². The SMILES string of the molecule is Cc1ccc2c3c(ccc4c5ccccc5n(-c5ccccc5)c43)n(-c3ccccc3)c2c1.Cc1ccc2c3c4c5ccccc5n(-c5ccccc5)c4ccc3n(-c3ccccc3)c2c1.Cc1ccc2c3cc4c(cc3n(-c3ccccc3)c2c1)sc1ccccc14.Cc1ccc2c3ccc4c(c5ccccc5n4-c4ccccc4)c3n(-c3ccccc3)c2c1. The molecule has 8 aromatic heterocycles. The van der Waals surface area contributed by atoms with Crippen molar-refractivity contribution in [2.75, 3.05) is 0 Å². The highest BCUT2D eigenvalue weighted by Gasteiger charge is 2.26. The molecule has 0 unspecified atom stereocenters. The van der Waals surface area contributed by atoms with Gasteiger partial charge in [-0.2, -0.15) is 0 Å². The number of aromatic nitrogens is 7. The predicted molar refractivity (Wildman–Crippen MR) is 538 cm³/mol. The second kappa shape index (κ2) is 30.0. The summed E-state index contributed by atoms with van der Waals surface area (Å²) in [6.07, 6.45) is 0. The normalized spacial score (nSPS) is 11.8. The van der Waals surface area contributed by atoms with Crippen LogP contribution in [-0.2, 0) is 0 Å². The molecule has 0 atom stereocenters. The molecule has 596 valence electrons. The minimum Gasteiger partial charge on any atom is -0.309 e. The van der Waals surface area contributed by atoms with E-state index >= 15 is 0 Å². The number of hydrogen-bond donors (Lipinski definition) is 0. The monoisotopic (exact) mass is 1630 g/mol. The fraction of sp³-hybridized carbons (Fsp3) is 0.0339. The van der Waals surface area contributed by atoms with Crippen LogP contribution in [0.25, 0.3) is 213 Å². The number of hydrogen-bond acceptors (Lipinski definition) is 1. The summed E-state index contributed by atoms with van der Waals surface area (Å²) in [5.74, 6) is 0. The molecule has 19 aromatic carbocycles. The van der Waals surface area contributed by atoms with Crippen LogP contribution in [0.2, 0.25) is 0 Å². The summed E-state index contributed by atoms with van der Waals surface area (Å²) in [5.41, 5.74) is 30.9. The Labute approximate surface area is 731 Å². The van der Waals surface area contributed by atoms with Gasteiger partial charge in [0.2, 0.25) is 0 Å². The second-order valence-electron chi connectivity index (χ2n) is 33.4. The van der Waals surface area contributed by atoms with E-state index in [2.05, 4.69) is 490 Å². The summed E-state index contributed by atoms with van der Waals surface area (Å²) >= 11 is 1.88. The van der Waals surface area contributed by atoms with Gasteiger partial charge in [-0.1, -0.05) is 261 Å². The van der Waals surface area contributed by atoms with E-state index in [0.29, 0.717) is 0 Å². The standard InChI is InChI=1S/3C31H22N2.C25H17NS/c1-21-16-17-24-25-18-19-28-30(31(25)33(29(24)20-21)23-12-6-3-7-13-23)26-14-8-9-15-27(26)32(28)22-10-4-2-5-11-22;1-21-16-17-26-29(20-21)32(22-10-4-2-5-11-22)28-19-18-25-24-14-8-9-15-27(24)33(31(25)30(26)28)23-12-6-3-7-13-23;1-21-16-17-25-29(20-21)33(23-12-6-3-7-13-23)28-19-18-27-30(31(25)28)24-14-8-9-15-26(24)32(27)22-10-4-2-5-11-22;1-16-11-12-18-20-14-21-19-9-5-6-10-24(19)27-25(21)15-23(20)26(22(18)13-16)17-7-3-2-4-8-17/h3*2-20H,1H3;2-15H,1H3. The van der Waals surface area contributed by atoms with Crippen LogP contribution < -0.4 is 0 Å². The van der Waals surface area contributed by atoms with Crippen molar-refractivity contribution in [3.63, 3.8) is 0 Å². The molecule has 0 fully saturated rings. The zero-order chi connectivity index (χ0) is 83.8. The van der Waals surface area contributed by atoms with Crippen molar-refractivity contribution in [1.29, 1.82) is 0 Å². The van der Waals surface area contributed by atoms with Gasteiger partial charge >= 0.3 is 0 Å². The van der Waals surface area contributed by atoms with Gasteiger partial charge in [-0.25, -0.2) is 0 Å². The summed E-state index contributed by atoms with van der Waals surface area (Å²) in [4.78, 5) is 0. The number of thiophene rings is 1. The van der Waals surface area contributed by atoms with Crippen LogP contribution in [0.1, 0.15) is 22.3 Å². The van der Waals surface area contributed by atoms with E-state index in [-0.39, 0.29) is 0 Å². The lowest BCUT2D eigenvalue weighted by atomic mass is 10.0. The van der Waals surface area contributed by atoms with Crippen LogP contribution in [0.3, 0.4) is 0 Å². The van der Waals surface area contributed by atoms with Gasteiger partial charge in [0.1, 0.15) is 0 Å². The molecule has 0 saturated heterocycles. The molecule has 0 aliphatic heterocycles. The third kappa shape index (κ3) is 11.9. The van der Waals surface area contributed by atoms with Gasteiger partial charge in [0.05, 0.1) is 77.2 Å². The average Bonchev–Trinajstić information content (AvgIpc) is 1.55. The Morgan fingerprint density at radius 3 is 0.810 bits per heavy atom. The maximum atomic E-state index is 2.45. The number of benzene rings is 19. The van der Waals surface area contributed by atoms with E-state index in [9.17, 15) is 0 Å². The lowest BCUT2D eigenvalue weighted by molar-refractivity contribution is 1.17. The number of aryl methyl sites for hydroxylation is 4. The lowest BCUT2D eigenvalue weighted by Gasteiger charge is -2.10. The molecule has 0 spiro atoms. The summed E-state index contributed by atoms with van der Waals surface area (Å²) in [6, 6.07) is 156. The first-order chi connectivity index (χ1) is 62.2. The maximum Gasteiger partial charge on any atom is 0.0641 e. The number of nitrogens with zero attached hydrogens (tertiary/aromatic N) is 7. The lowest BCUT2D eigenvalue weighted by Crippen LogP contribution is -1.95. The molecule has 27 aromatic rings. The molecule has 0 aliphatic rings. The molecule has 8 heteroatoms. The first-order valence-electron chi connectivity index (χ1n) is 43.4. The van der Waals surface area contributed by atoms with Crippen LogP contribution >= 0.6 is 11.3 Å². The Balaban J connectivity index is 0.0000000942. The molecular formula is C118H83N7S. The van der Waals surface area contributed by atoms with Gasteiger partial charge in [0, 0.05) is 135 Å². The molecule has 0 N–H and O–H groups in total. The van der Waals surface area contributed by atoms with E-state index in [4.69, 9.17) is 0 Å². The number of fused-ring (bicyclic) bond motifs is 27. The molecule has 0 radical (unpaired) electrons. The molecule has 126 heavy (non-hydrogen) atoms. The highest BCUT2D eigenvalue weighted by molar-refractivity contribution is 7.25. The van der Waals surface area contributed by atoms with E-state index in [1.165, 1.54) is 235 Å². The largest absolute Gasteiger partial charge is 0.309 e. The first-order valence-corrected chi connectivity index (χ1v) is 44.2. The van der Waals surface area contributed by atoms with Crippen molar-refractivity contribution < 1.29 is 0 Å². The minimum atomic E-state index is 1.18. The Morgan fingerprint density at radius 1 is 0.143 bits per heavy atom. The van der Waals surface area contributed by atoms with Crippen LogP contribution in [0.5, 0.6) is 0 Å². The van der Waals surface area contributed by atoms with Gasteiger partial charge in [0.25, 0.3) is 0 Å². The number of para-hydroxylation sites is 10. The van der Waals surface area contributed by atoms with Gasteiger partial charge in [-0.3, -0.25) is 0 Å². The highest BCUT2D eigenvalue weighted by atomic mass is 32.1. The van der Waals surface area contributed by atoms with Crippen molar-refractivity contribution >= 4 is 184 Å². The molecule has 27 rings (SSSR count). The quantitative estimate of drug-likeness (QED) is 0.152. The zero-order valence-electron chi connectivity index (χ0n) is 70.0. The van der Waals surface area contributed by atoms with Gasteiger partial charge < -0.3 is 32.0 Å². The molecule has 0 aliphatic carbocycles. The van der Waals surface area contributed by atoms with Crippen LogP contribution in [-0.4, -0.2) is 32.0 Å². The van der Waals surface area contributed by atoms with Crippen molar-refractivity contribution in [1.82, 2.24) is 32.0 Å². The minimum absolute atomic E-state index is 1.18. The third-order valence-corrected chi connectivity index (χ3v) is 26.8. The molecular weight excluding hydrogens is 1550 g/mol. The summed E-state index contributed by atoms with van der Waals surface area (Å²) in [7, 11) is 0. The second-order valence-corrected chi connectivity index (χ2v) is 34.4. The van der Waals surface area contributed by atoms with E-state index in [1.807, 2.05) is 11.3 Å². The van der Waals surface area contributed by atoms with Crippen molar-refractivity contribution in [2.45, 2.75) is 27.7 Å². The third-order valence-electron chi connectivity index (χ3n) is 25.7. The van der Waals surface area contributed by atoms with E-state index in [1.54, 1.807) is 0 Å². The van der Waals surface area contributed by atoms with Crippen LogP contribution in [0.15, 0.2) is 431 Å². The zero-order valence-corrected chi connectivity index (χ0v) is 70.8. The Morgan fingerprint density at radius 2 is 0.389 bits per heavy atom. The van der Waals surface area contributed by atoms with Gasteiger partial charge in [-0.15, -0.1) is 11.3 Å². The van der Waals surface area contributed by atoms with E-state index in [0.717, 1.165) is 0 Å². The summed E-state index contributed by atoms with van der Waals surface area (Å²) in [6.45, 7) is 8.67. The predicted octanol–water partition coefficient (Wildman–Crippen LogP) is 32.0. The highest BCUT2D eigenvalue weighted by Crippen LogP contribution is 2.48.